The summed E-state index contributed by atoms with van der Waals surface area (Å²) in [7, 11) is 0. The predicted octanol–water partition coefficient (Wildman–Crippen LogP) is 0.739. The van der Waals surface area contributed by atoms with E-state index in [0.29, 0.717) is 13.1 Å². The molecule has 0 aliphatic carbocycles. The molecule has 2 aromatic rings. The van der Waals surface area contributed by atoms with Crippen molar-refractivity contribution in [3.63, 3.8) is 0 Å². The quantitative estimate of drug-likeness (QED) is 0.680. The van der Waals surface area contributed by atoms with E-state index in [4.69, 9.17) is 0 Å². The number of nitrogens with one attached hydrogen (secondary N) is 2. The molecule has 1 aliphatic rings. The minimum absolute atomic E-state index is 0. The summed E-state index contributed by atoms with van der Waals surface area (Å²) in [5.41, 5.74) is 1.02. The maximum Gasteiger partial charge on any atom is 0.271 e. The molecule has 1 amide bonds. The molecule has 2 heterocycles. The third-order valence-electron chi connectivity index (χ3n) is 4.42. The molecular weight excluding hydrogens is 366 g/mol. The highest BCUT2D eigenvalue weighted by atomic mass is 35.5. The number of carbonyl (C=O) groups is 1. The first-order chi connectivity index (χ1) is 12.7. The Morgan fingerprint density at radius 1 is 1.11 bits per heavy atom. The number of hydrogen-bond acceptors (Lipinski definition) is 5. The van der Waals surface area contributed by atoms with Gasteiger partial charge in [0.1, 0.15) is 5.69 Å². The SMILES string of the molecule is Cl.O=C(NCCCN1CCNCC1)c1ccc(=O)n(Cc2ccccc2)n1. The van der Waals surface area contributed by atoms with Gasteiger partial charge in [-0.15, -0.1) is 12.4 Å². The summed E-state index contributed by atoms with van der Waals surface area (Å²) in [4.78, 5) is 26.7. The molecule has 3 rings (SSSR count). The average Bonchev–Trinajstić information content (AvgIpc) is 2.68. The zero-order chi connectivity index (χ0) is 18.2. The molecule has 0 spiro atoms. The van der Waals surface area contributed by atoms with Gasteiger partial charge in [0.15, 0.2) is 0 Å². The molecule has 1 aromatic heterocycles. The van der Waals surface area contributed by atoms with Gasteiger partial charge in [-0.05, 0) is 24.6 Å². The molecule has 27 heavy (non-hydrogen) atoms. The Balaban J connectivity index is 0.00000261. The summed E-state index contributed by atoms with van der Waals surface area (Å²) in [6.07, 6.45) is 0.898. The molecule has 146 valence electrons. The van der Waals surface area contributed by atoms with E-state index in [1.54, 1.807) is 0 Å². The first-order valence-electron chi connectivity index (χ1n) is 9.06. The van der Waals surface area contributed by atoms with Crippen LogP contribution < -0.4 is 16.2 Å². The summed E-state index contributed by atoms with van der Waals surface area (Å²) in [5, 5.41) is 10.4. The Hall–Kier alpha value is -2.22. The van der Waals surface area contributed by atoms with Crippen molar-refractivity contribution in [3.05, 3.63) is 64.1 Å². The number of carbonyl (C=O) groups excluding carboxylic acids is 1. The van der Waals surface area contributed by atoms with E-state index >= 15 is 0 Å². The van der Waals surface area contributed by atoms with Gasteiger partial charge in [-0.3, -0.25) is 9.59 Å². The van der Waals surface area contributed by atoms with Crippen LogP contribution in [0.2, 0.25) is 0 Å². The minimum atomic E-state index is -0.243. The molecule has 2 N–H and O–H groups in total. The van der Waals surface area contributed by atoms with Gasteiger partial charge in [0.2, 0.25) is 0 Å². The number of halogens is 1. The molecule has 1 aromatic carbocycles. The van der Waals surface area contributed by atoms with Crippen molar-refractivity contribution >= 4 is 18.3 Å². The third kappa shape index (κ3) is 6.46. The van der Waals surface area contributed by atoms with Crippen LogP contribution in [0.5, 0.6) is 0 Å². The molecule has 0 bridgehead atoms. The van der Waals surface area contributed by atoms with Crippen LogP contribution in [0, 0.1) is 0 Å². The summed E-state index contributed by atoms with van der Waals surface area (Å²) in [6, 6.07) is 12.5. The van der Waals surface area contributed by atoms with E-state index in [1.165, 1.54) is 16.8 Å². The first-order valence-corrected chi connectivity index (χ1v) is 9.06. The van der Waals surface area contributed by atoms with E-state index in [-0.39, 0.29) is 29.6 Å². The Kier molecular flexibility index (Phi) is 8.44. The number of piperazine rings is 1. The molecule has 0 saturated carbocycles. The van der Waals surface area contributed by atoms with E-state index in [0.717, 1.165) is 44.7 Å². The maximum absolute atomic E-state index is 12.3. The molecule has 0 unspecified atom stereocenters. The fraction of sp³-hybridized carbons (Fsp3) is 0.421. The lowest BCUT2D eigenvalue weighted by atomic mass is 10.2. The second-order valence-corrected chi connectivity index (χ2v) is 6.40. The zero-order valence-corrected chi connectivity index (χ0v) is 16.1. The highest BCUT2D eigenvalue weighted by Gasteiger charge is 2.11. The summed E-state index contributed by atoms with van der Waals surface area (Å²) in [6.45, 7) is 6.09. The first kappa shape index (κ1) is 21.1. The Labute approximate surface area is 165 Å². The number of amides is 1. The van der Waals surface area contributed by atoms with Gasteiger partial charge in [0.25, 0.3) is 11.5 Å². The van der Waals surface area contributed by atoms with Crippen LogP contribution in [-0.2, 0) is 6.54 Å². The van der Waals surface area contributed by atoms with Crippen molar-refractivity contribution in [2.75, 3.05) is 39.3 Å². The normalized spacial score (nSPS) is 14.4. The van der Waals surface area contributed by atoms with Crippen LogP contribution in [0.4, 0.5) is 0 Å². The van der Waals surface area contributed by atoms with Gasteiger partial charge < -0.3 is 15.5 Å². The van der Waals surface area contributed by atoms with E-state index < -0.39 is 0 Å². The maximum atomic E-state index is 12.3. The highest BCUT2D eigenvalue weighted by molar-refractivity contribution is 5.91. The lowest BCUT2D eigenvalue weighted by Gasteiger charge is -2.27. The van der Waals surface area contributed by atoms with Gasteiger partial charge in [-0.25, -0.2) is 4.68 Å². The molecule has 8 heteroatoms. The Morgan fingerprint density at radius 2 is 1.85 bits per heavy atom. The van der Waals surface area contributed by atoms with Gasteiger partial charge >= 0.3 is 0 Å². The number of nitrogens with zero attached hydrogens (tertiary/aromatic N) is 3. The van der Waals surface area contributed by atoms with Crippen molar-refractivity contribution in [2.45, 2.75) is 13.0 Å². The largest absolute Gasteiger partial charge is 0.351 e. The molecule has 0 radical (unpaired) electrons. The topological polar surface area (TPSA) is 79.3 Å². The van der Waals surface area contributed by atoms with Crippen molar-refractivity contribution < 1.29 is 4.79 Å². The van der Waals surface area contributed by atoms with Gasteiger partial charge in [0.05, 0.1) is 6.54 Å². The van der Waals surface area contributed by atoms with Crippen LogP contribution in [0.25, 0.3) is 0 Å². The van der Waals surface area contributed by atoms with Gasteiger partial charge in [-0.2, -0.15) is 5.10 Å². The molecule has 1 saturated heterocycles. The molecule has 1 fully saturated rings. The van der Waals surface area contributed by atoms with E-state index in [9.17, 15) is 9.59 Å². The van der Waals surface area contributed by atoms with Crippen LogP contribution >= 0.6 is 12.4 Å². The molecular formula is C19H26ClN5O2. The predicted molar refractivity (Wildman–Crippen MR) is 108 cm³/mol. The summed E-state index contributed by atoms with van der Waals surface area (Å²) in [5.74, 6) is -0.243. The average molecular weight is 392 g/mol. The summed E-state index contributed by atoms with van der Waals surface area (Å²) >= 11 is 0. The standard InChI is InChI=1S/C19H25N5O2.ClH/c25-18-8-7-17(22-24(18)15-16-5-2-1-3-6-16)19(26)21-9-4-12-23-13-10-20-11-14-23;/h1-3,5-8,20H,4,9-15H2,(H,21,26);1H. The lowest BCUT2D eigenvalue weighted by molar-refractivity contribution is 0.0943. The fourth-order valence-corrected chi connectivity index (χ4v) is 2.97. The number of aromatic nitrogens is 2. The highest BCUT2D eigenvalue weighted by Crippen LogP contribution is 2.00. The zero-order valence-electron chi connectivity index (χ0n) is 15.3. The molecule has 7 nitrogen and oxygen atoms in total. The van der Waals surface area contributed by atoms with E-state index in [1.807, 2.05) is 30.3 Å². The van der Waals surface area contributed by atoms with Crippen LogP contribution in [0.1, 0.15) is 22.5 Å². The summed E-state index contributed by atoms with van der Waals surface area (Å²) < 4.78 is 1.32. The van der Waals surface area contributed by atoms with Crippen LogP contribution in [0.3, 0.4) is 0 Å². The Morgan fingerprint density at radius 3 is 2.59 bits per heavy atom. The fourth-order valence-electron chi connectivity index (χ4n) is 2.97. The van der Waals surface area contributed by atoms with Gasteiger partial charge in [0, 0.05) is 38.8 Å². The van der Waals surface area contributed by atoms with E-state index in [2.05, 4.69) is 20.6 Å². The third-order valence-corrected chi connectivity index (χ3v) is 4.42. The van der Waals surface area contributed by atoms with Crippen molar-refractivity contribution in [1.82, 2.24) is 25.3 Å². The molecule has 1 aliphatic heterocycles. The number of hydrogen-bond donors (Lipinski definition) is 2. The molecule has 0 atom stereocenters. The van der Waals surface area contributed by atoms with Crippen molar-refractivity contribution in [1.29, 1.82) is 0 Å². The number of rotatable bonds is 7. The smallest absolute Gasteiger partial charge is 0.271 e. The monoisotopic (exact) mass is 391 g/mol. The lowest BCUT2D eigenvalue weighted by Crippen LogP contribution is -2.44. The van der Waals surface area contributed by atoms with Crippen LogP contribution in [0.15, 0.2) is 47.3 Å². The Bertz CT molecular complexity index is 775. The van der Waals surface area contributed by atoms with Crippen molar-refractivity contribution in [3.8, 4) is 0 Å². The van der Waals surface area contributed by atoms with Crippen LogP contribution in [-0.4, -0.2) is 59.9 Å². The van der Waals surface area contributed by atoms with Gasteiger partial charge in [-0.1, -0.05) is 30.3 Å². The van der Waals surface area contributed by atoms with Crippen molar-refractivity contribution in [2.24, 2.45) is 0 Å². The minimum Gasteiger partial charge on any atom is -0.351 e. The second kappa shape index (κ2) is 10.8. The number of benzene rings is 1. The second-order valence-electron chi connectivity index (χ2n) is 6.40.